The van der Waals surface area contributed by atoms with Gasteiger partial charge in [-0.2, -0.15) is 0 Å². The van der Waals surface area contributed by atoms with Crippen LogP contribution in [0, 0.1) is 5.82 Å². The largest absolute Gasteiger partial charge is 0.381 e. The highest BCUT2D eigenvalue weighted by Gasteiger charge is 2.35. The van der Waals surface area contributed by atoms with Crippen LogP contribution in [0.4, 0.5) is 10.1 Å². The molecule has 1 fully saturated rings. The second-order valence-electron chi connectivity index (χ2n) is 6.95. The molecule has 4 rings (SSSR count). The molecule has 0 bridgehead atoms. The first-order valence-electron chi connectivity index (χ1n) is 8.59. The van der Waals surface area contributed by atoms with Crippen molar-refractivity contribution < 1.29 is 12.8 Å². The maximum absolute atomic E-state index is 13.5. The van der Waals surface area contributed by atoms with Gasteiger partial charge in [0.05, 0.1) is 9.79 Å². The average molecular weight is 360 g/mol. The standard InChI is InChI=1S/C19H21FN2O2S/c1-12-9-19-16(7-8-21-12)17-11-15(5-6-18(17)22-19)25(23,24)14-4-2-3-13(20)10-14/h2-6,10-12,16,19,21-22H,7-9H2,1H3/t12?,16-,19-/m0/s1. The Hall–Kier alpha value is -1.92. The second-order valence-corrected chi connectivity index (χ2v) is 8.90. The Kier molecular flexibility index (Phi) is 4.04. The van der Waals surface area contributed by atoms with Gasteiger partial charge >= 0.3 is 0 Å². The monoisotopic (exact) mass is 360 g/mol. The van der Waals surface area contributed by atoms with E-state index in [0.29, 0.717) is 18.0 Å². The van der Waals surface area contributed by atoms with Gasteiger partial charge in [0, 0.05) is 23.7 Å². The fourth-order valence-corrected chi connectivity index (χ4v) is 5.29. The summed E-state index contributed by atoms with van der Waals surface area (Å²) in [6, 6.07) is 11.2. The number of rotatable bonds is 2. The number of benzene rings is 2. The lowest BCUT2D eigenvalue weighted by molar-refractivity contribution is 0.521. The maximum atomic E-state index is 13.5. The highest BCUT2D eigenvalue weighted by molar-refractivity contribution is 7.91. The van der Waals surface area contributed by atoms with Gasteiger partial charge < -0.3 is 10.6 Å². The van der Waals surface area contributed by atoms with Crippen LogP contribution in [0.25, 0.3) is 0 Å². The van der Waals surface area contributed by atoms with E-state index >= 15 is 0 Å². The number of halogens is 1. The number of nitrogens with one attached hydrogen (secondary N) is 2. The minimum Gasteiger partial charge on any atom is -0.381 e. The van der Waals surface area contributed by atoms with Crippen molar-refractivity contribution in [2.45, 2.75) is 47.6 Å². The molecule has 2 heterocycles. The molecule has 0 radical (unpaired) electrons. The van der Waals surface area contributed by atoms with Crippen molar-refractivity contribution in [3.8, 4) is 0 Å². The second kappa shape index (κ2) is 6.11. The lowest BCUT2D eigenvalue weighted by atomic mass is 9.90. The summed E-state index contributed by atoms with van der Waals surface area (Å²) in [7, 11) is -3.72. The van der Waals surface area contributed by atoms with Crippen molar-refractivity contribution in [1.82, 2.24) is 5.32 Å². The molecule has 0 amide bonds. The third-order valence-electron chi connectivity index (χ3n) is 5.22. The zero-order chi connectivity index (χ0) is 17.6. The van der Waals surface area contributed by atoms with Gasteiger partial charge in [-0.25, -0.2) is 12.8 Å². The summed E-state index contributed by atoms with van der Waals surface area (Å²) in [5, 5.41) is 7.02. The number of hydrogen-bond donors (Lipinski definition) is 2. The zero-order valence-electron chi connectivity index (χ0n) is 14.0. The van der Waals surface area contributed by atoms with Crippen molar-refractivity contribution >= 4 is 15.5 Å². The third-order valence-corrected chi connectivity index (χ3v) is 6.97. The molecule has 6 heteroatoms. The van der Waals surface area contributed by atoms with Crippen LogP contribution < -0.4 is 10.6 Å². The number of hydrogen-bond acceptors (Lipinski definition) is 4. The summed E-state index contributed by atoms with van der Waals surface area (Å²) in [4.78, 5) is 0.218. The smallest absolute Gasteiger partial charge is 0.206 e. The lowest BCUT2D eigenvalue weighted by Crippen LogP contribution is -2.28. The van der Waals surface area contributed by atoms with Crippen LogP contribution in [0.15, 0.2) is 52.3 Å². The van der Waals surface area contributed by atoms with E-state index < -0.39 is 15.7 Å². The highest BCUT2D eigenvalue weighted by Crippen LogP contribution is 2.42. The van der Waals surface area contributed by atoms with Crippen LogP contribution in [0.3, 0.4) is 0 Å². The fraction of sp³-hybridized carbons (Fsp3) is 0.368. The Bertz CT molecular complexity index is 913. The van der Waals surface area contributed by atoms with Crippen LogP contribution in [0.2, 0.25) is 0 Å². The minimum absolute atomic E-state index is 0.00823. The van der Waals surface area contributed by atoms with E-state index in [1.54, 1.807) is 12.1 Å². The Morgan fingerprint density at radius 1 is 1.12 bits per heavy atom. The van der Waals surface area contributed by atoms with Crippen molar-refractivity contribution in [3.63, 3.8) is 0 Å². The van der Waals surface area contributed by atoms with Gasteiger partial charge in [-0.3, -0.25) is 0 Å². The summed E-state index contributed by atoms with van der Waals surface area (Å²) in [6.07, 6.45) is 1.98. The van der Waals surface area contributed by atoms with E-state index in [0.717, 1.165) is 36.7 Å². The molecule has 2 aliphatic heterocycles. The molecule has 4 nitrogen and oxygen atoms in total. The highest BCUT2D eigenvalue weighted by atomic mass is 32.2. The van der Waals surface area contributed by atoms with Crippen molar-refractivity contribution in [1.29, 1.82) is 0 Å². The van der Waals surface area contributed by atoms with E-state index in [1.165, 1.54) is 18.2 Å². The molecule has 2 aromatic rings. The first kappa shape index (κ1) is 16.5. The maximum Gasteiger partial charge on any atom is 0.206 e. The number of sulfone groups is 1. The van der Waals surface area contributed by atoms with Gasteiger partial charge in [0.1, 0.15) is 5.82 Å². The Morgan fingerprint density at radius 3 is 2.72 bits per heavy atom. The van der Waals surface area contributed by atoms with E-state index in [9.17, 15) is 12.8 Å². The summed E-state index contributed by atoms with van der Waals surface area (Å²) in [5.74, 6) is -0.247. The molecule has 2 aromatic carbocycles. The molecule has 25 heavy (non-hydrogen) atoms. The summed E-state index contributed by atoms with van der Waals surface area (Å²) < 4.78 is 39.2. The molecule has 0 aromatic heterocycles. The molecular weight excluding hydrogens is 339 g/mol. The fourth-order valence-electron chi connectivity index (χ4n) is 3.96. The Balaban J connectivity index is 1.73. The summed E-state index contributed by atoms with van der Waals surface area (Å²) >= 11 is 0. The molecule has 0 saturated carbocycles. The predicted octanol–water partition coefficient (Wildman–Crippen LogP) is 3.31. The van der Waals surface area contributed by atoms with Gasteiger partial charge in [0.15, 0.2) is 0 Å². The zero-order valence-corrected chi connectivity index (χ0v) is 14.8. The SMILES string of the molecule is CC1C[C@@H]2Nc3ccc(S(=O)(=O)c4cccc(F)c4)cc3[C@@H]2CCN1. The minimum atomic E-state index is -3.72. The number of anilines is 1. The van der Waals surface area contributed by atoms with Crippen molar-refractivity contribution in [2.24, 2.45) is 0 Å². The van der Waals surface area contributed by atoms with E-state index in [-0.39, 0.29) is 9.79 Å². The van der Waals surface area contributed by atoms with Crippen molar-refractivity contribution in [3.05, 3.63) is 53.8 Å². The molecular formula is C19H21FN2O2S. The van der Waals surface area contributed by atoms with Gasteiger partial charge in [0.25, 0.3) is 0 Å². The van der Waals surface area contributed by atoms with E-state index in [1.807, 2.05) is 6.07 Å². The van der Waals surface area contributed by atoms with Crippen LogP contribution in [0.5, 0.6) is 0 Å². The van der Waals surface area contributed by atoms with Gasteiger partial charge in [-0.15, -0.1) is 0 Å². The van der Waals surface area contributed by atoms with Crippen molar-refractivity contribution in [2.75, 3.05) is 11.9 Å². The molecule has 2 N–H and O–H groups in total. The first-order chi connectivity index (χ1) is 11.9. The predicted molar refractivity (Wildman–Crippen MR) is 95.1 cm³/mol. The topological polar surface area (TPSA) is 58.2 Å². The molecule has 1 saturated heterocycles. The van der Waals surface area contributed by atoms with Crippen LogP contribution in [-0.2, 0) is 9.84 Å². The molecule has 132 valence electrons. The van der Waals surface area contributed by atoms with E-state index in [4.69, 9.17) is 0 Å². The van der Waals surface area contributed by atoms with E-state index in [2.05, 4.69) is 17.6 Å². The first-order valence-corrected chi connectivity index (χ1v) is 10.1. The Morgan fingerprint density at radius 2 is 1.92 bits per heavy atom. The van der Waals surface area contributed by atoms with Gasteiger partial charge in [-0.05, 0) is 68.3 Å². The van der Waals surface area contributed by atoms with Gasteiger partial charge in [0.2, 0.25) is 9.84 Å². The molecule has 2 aliphatic rings. The molecule has 0 spiro atoms. The lowest BCUT2D eigenvalue weighted by Gasteiger charge is -2.18. The van der Waals surface area contributed by atoms with Crippen LogP contribution in [0.1, 0.15) is 31.2 Å². The normalized spacial score (nSPS) is 25.6. The molecule has 0 aliphatic carbocycles. The van der Waals surface area contributed by atoms with Crippen LogP contribution in [-0.4, -0.2) is 27.0 Å². The van der Waals surface area contributed by atoms with Gasteiger partial charge in [-0.1, -0.05) is 6.07 Å². The number of fused-ring (bicyclic) bond motifs is 3. The summed E-state index contributed by atoms with van der Waals surface area (Å²) in [5.41, 5.74) is 2.07. The molecule has 3 atom stereocenters. The third kappa shape index (κ3) is 2.93. The molecule has 1 unspecified atom stereocenters. The quantitative estimate of drug-likeness (QED) is 0.863. The Labute approximate surface area is 147 Å². The average Bonchev–Trinajstić information content (AvgIpc) is 2.80. The van der Waals surface area contributed by atoms with Crippen LogP contribution >= 0.6 is 0 Å². The summed E-state index contributed by atoms with van der Waals surface area (Å²) in [6.45, 7) is 3.09.